The number of phenolic OH excluding ortho intramolecular Hbond substituents is 1. The summed E-state index contributed by atoms with van der Waals surface area (Å²) in [5, 5.41) is 47.9. The second kappa shape index (κ2) is 11.3. The van der Waals surface area contributed by atoms with E-state index in [4.69, 9.17) is 11.6 Å². The standard InChI is InChI=1S/C28H20N6O8S/c29-17-6-5-14-12-24(43(40,41)42-30)25(26(35)21(14)13-17)34-33-23-8-7-22(19-3-1-2-4-20(19)23)32-31-18-10-15(27(36)37)9-16(11-18)28(38)39/h1-13H,30H2,(H5-,29,31,32,33,34,35,36,37,38,39,40,41)/p+1. The molecular formula is C28H21N6O8S+. The van der Waals surface area contributed by atoms with Crippen molar-refractivity contribution in [2.24, 2.45) is 26.4 Å². The molecule has 0 amide bonds. The van der Waals surface area contributed by atoms with Gasteiger partial charge in [0, 0.05) is 27.9 Å². The summed E-state index contributed by atoms with van der Waals surface area (Å²) in [5.41, 5.74) is 5.93. The fraction of sp³-hybridized carbons (Fsp3) is 0. The number of hydrogen-bond donors (Lipinski definition) is 6. The van der Waals surface area contributed by atoms with Crippen molar-refractivity contribution in [2.45, 2.75) is 4.90 Å². The number of phenols is 1. The van der Waals surface area contributed by atoms with E-state index in [2.05, 4.69) is 24.7 Å². The number of benzene rings is 5. The zero-order valence-corrected chi connectivity index (χ0v) is 22.6. The van der Waals surface area contributed by atoms with Crippen LogP contribution in [0.15, 0.2) is 104 Å². The number of hydrogen-bond acceptors (Lipinski definition) is 11. The van der Waals surface area contributed by atoms with Gasteiger partial charge in [-0.2, -0.15) is 15.6 Å². The molecule has 5 aromatic rings. The number of carboxylic acids is 2. The van der Waals surface area contributed by atoms with E-state index in [1.807, 2.05) is 0 Å². The zero-order valence-electron chi connectivity index (χ0n) is 21.8. The van der Waals surface area contributed by atoms with E-state index >= 15 is 0 Å². The third kappa shape index (κ3) is 5.77. The smallest absolute Gasteiger partial charge is 0.409 e. The molecule has 0 bridgehead atoms. The number of fused-ring (bicyclic) bond motifs is 2. The lowest BCUT2D eigenvalue weighted by Crippen LogP contribution is -2.18. The van der Waals surface area contributed by atoms with Crippen LogP contribution in [-0.2, 0) is 19.0 Å². The highest BCUT2D eigenvalue weighted by atomic mass is 32.3. The molecule has 1 atom stereocenters. The molecule has 0 spiro atoms. The Labute approximate surface area is 243 Å². The summed E-state index contributed by atoms with van der Waals surface area (Å²) in [4.78, 5) is 22.4. The molecule has 1 unspecified atom stereocenters. The number of aromatic hydroxyl groups is 1. The number of carboxylic acid groups (broad SMARTS) is 2. The van der Waals surface area contributed by atoms with E-state index in [-0.39, 0.29) is 33.6 Å². The maximum absolute atomic E-state index is 12.7. The molecule has 8 N–H and O–H groups in total. The third-order valence-electron chi connectivity index (χ3n) is 6.31. The van der Waals surface area contributed by atoms with Crippen LogP contribution in [0.25, 0.3) is 21.5 Å². The third-order valence-corrected chi connectivity index (χ3v) is 7.43. The molecular weight excluding hydrogens is 580 g/mol. The van der Waals surface area contributed by atoms with Gasteiger partial charge in [0.1, 0.15) is 0 Å². The molecule has 14 nitrogen and oxygen atoms in total. The molecule has 5 aromatic carbocycles. The number of rotatable bonds is 8. The normalized spacial score (nSPS) is 13.2. The topological polar surface area (TPSA) is 243 Å². The van der Waals surface area contributed by atoms with Crippen LogP contribution < -0.4 is 11.6 Å². The summed E-state index contributed by atoms with van der Waals surface area (Å²) in [7, 11) is -4.28. The molecule has 0 saturated carbocycles. The van der Waals surface area contributed by atoms with Gasteiger partial charge in [-0.1, -0.05) is 30.3 Å². The number of nitrogen functional groups attached to an aromatic ring is 1. The zero-order chi connectivity index (χ0) is 30.9. The van der Waals surface area contributed by atoms with Crippen LogP contribution in [0, 0.1) is 0 Å². The lowest BCUT2D eigenvalue weighted by atomic mass is 10.1. The van der Waals surface area contributed by atoms with Crippen molar-refractivity contribution in [1.29, 1.82) is 0 Å². The van der Waals surface area contributed by atoms with Crippen LogP contribution in [0.2, 0.25) is 0 Å². The van der Waals surface area contributed by atoms with E-state index in [1.165, 1.54) is 30.3 Å². The lowest BCUT2D eigenvalue weighted by molar-refractivity contribution is 0.0696. The Morgan fingerprint density at radius 3 is 1.88 bits per heavy atom. The van der Waals surface area contributed by atoms with Crippen LogP contribution in [0.3, 0.4) is 0 Å². The molecule has 0 saturated heterocycles. The van der Waals surface area contributed by atoms with Crippen LogP contribution >= 0.6 is 0 Å². The van der Waals surface area contributed by atoms with Crippen molar-refractivity contribution in [3.8, 4) is 5.75 Å². The second-order valence-electron chi connectivity index (χ2n) is 9.05. The molecule has 0 heterocycles. The Morgan fingerprint density at radius 1 is 0.744 bits per heavy atom. The average molecular weight is 602 g/mol. The molecule has 43 heavy (non-hydrogen) atoms. The summed E-state index contributed by atoms with van der Waals surface area (Å²) in [6, 6.07) is 19.2. The first-order valence-corrected chi connectivity index (χ1v) is 13.6. The maximum atomic E-state index is 12.7. The molecule has 0 radical (unpaired) electrons. The van der Waals surface area contributed by atoms with Gasteiger partial charge in [0.15, 0.2) is 11.4 Å². The number of anilines is 1. The summed E-state index contributed by atoms with van der Waals surface area (Å²) >= 11 is 0. The Balaban J connectivity index is 1.60. The van der Waals surface area contributed by atoms with E-state index in [9.17, 15) is 33.7 Å². The van der Waals surface area contributed by atoms with Gasteiger partial charge in [-0.05, 0) is 56.3 Å². The van der Waals surface area contributed by atoms with Gasteiger partial charge >= 0.3 is 22.4 Å². The molecule has 216 valence electrons. The minimum Gasteiger partial charge on any atom is -0.505 e. The molecule has 0 aliphatic carbocycles. The van der Waals surface area contributed by atoms with E-state index in [0.29, 0.717) is 27.5 Å². The van der Waals surface area contributed by atoms with Gasteiger partial charge in [0.25, 0.3) is 4.90 Å². The van der Waals surface area contributed by atoms with Crippen molar-refractivity contribution >= 4 is 72.4 Å². The molecule has 0 fully saturated rings. The van der Waals surface area contributed by atoms with Crippen LogP contribution in [0.4, 0.5) is 28.4 Å². The van der Waals surface area contributed by atoms with Crippen molar-refractivity contribution < 1.29 is 38.0 Å². The minimum atomic E-state index is -4.28. The predicted molar refractivity (Wildman–Crippen MR) is 157 cm³/mol. The quantitative estimate of drug-likeness (QED) is 0.0478. The van der Waals surface area contributed by atoms with Crippen LogP contribution in [-0.4, -0.2) is 31.8 Å². The van der Waals surface area contributed by atoms with Gasteiger partial charge in [0.2, 0.25) is 0 Å². The number of nitrogens with two attached hydrogens (primary N) is 2. The highest BCUT2D eigenvalue weighted by molar-refractivity contribution is 7.93. The number of nitrogens with zero attached hydrogens (tertiary/aromatic N) is 4. The molecule has 15 heteroatoms. The second-order valence-corrected chi connectivity index (χ2v) is 10.6. The summed E-state index contributed by atoms with van der Waals surface area (Å²) < 4.78 is 27.3. The Bertz CT molecular complexity index is 2030. The average Bonchev–Trinajstić information content (AvgIpc) is 2.99. The number of aromatic carboxylic acids is 2. The van der Waals surface area contributed by atoms with E-state index < -0.39 is 33.1 Å². The molecule has 0 aromatic heterocycles. The predicted octanol–water partition coefficient (Wildman–Crippen LogP) is 6.64. The largest absolute Gasteiger partial charge is 0.505 e. The Hall–Kier alpha value is -5.61. The summed E-state index contributed by atoms with van der Waals surface area (Å²) in [6.45, 7) is 0. The van der Waals surface area contributed by atoms with Gasteiger partial charge in [0.05, 0.1) is 28.2 Å². The van der Waals surface area contributed by atoms with Crippen LogP contribution in [0.5, 0.6) is 5.75 Å². The highest BCUT2D eigenvalue weighted by Gasteiger charge is 2.37. The summed E-state index contributed by atoms with van der Waals surface area (Å²) in [5.74, 6) is 1.95. The highest BCUT2D eigenvalue weighted by Crippen LogP contribution is 2.44. The first kappa shape index (κ1) is 28.9. The van der Waals surface area contributed by atoms with Gasteiger partial charge < -0.3 is 21.1 Å². The fourth-order valence-corrected chi connectivity index (χ4v) is 5.04. The number of azo groups is 2. The first-order valence-electron chi connectivity index (χ1n) is 12.2. The Kier molecular flexibility index (Phi) is 7.62. The SMILES string of the molecule is NO[S+](=O)(O)c1cc2ccc(N)cc2c(O)c1N=Nc1ccc(N=Nc2cc(C(=O)O)cc(C(=O)O)c2)c2ccccc12. The van der Waals surface area contributed by atoms with Gasteiger partial charge in [-0.15, -0.1) is 15.3 Å². The summed E-state index contributed by atoms with van der Waals surface area (Å²) in [6.07, 6.45) is 0. The van der Waals surface area contributed by atoms with Gasteiger partial charge in [-0.25, -0.2) is 9.59 Å². The first-order chi connectivity index (χ1) is 20.5. The molecule has 0 aliphatic rings. The molecule has 5 rings (SSSR count). The Morgan fingerprint density at radius 2 is 1.33 bits per heavy atom. The minimum absolute atomic E-state index is 0.0137. The van der Waals surface area contributed by atoms with Crippen molar-refractivity contribution in [2.75, 3.05) is 5.73 Å². The molecule has 0 aliphatic heterocycles. The van der Waals surface area contributed by atoms with Crippen LogP contribution in [0.1, 0.15) is 20.7 Å². The van der Waals surface area contributed by atoms with E-state index in [0.717, 1.165) is 6.07 Å². The monoisotopic (exact) mass is 601 g/mol. The van der Waals surface area contributed by atoms with Crippen molar-refractivity contribution in [3.05, 3.63) is 90.0 Å². The fourth-order valence-electron chi connectivity index (χ4n) is 4.28. The van der Waals surface area contributed by atoms with E-state index in [1.54, 1.807) is 42.5 Å². The van der Waals surface area contributed by atoms with Crippen molar-refractivity contribution in [3.63, 3.8) is 0 Å². The lowest BCUT2D eigenvalue weighted by Gasteiger charge is -2.09. The van der Waals surface area contributed by atoms with Crippen molar-refractivity contribution in [1.82, 2.24) is 0 Å². The number of carbonyl (C=O) groups is 2. The maximum Gasteiger partial charge on any atom is 0.409 e. The van der Waals surface area contributed by atoms with Gasteiger partial charge in [-0.3, -0.25) is 0 Å².